The van der Waals surface area contributed by atoms with Gasteiger partial charge in [-0.1, -0.05) is 27.4 Å². The van der Waals surface area contributed by atoms with Gasteiger partial charge in [-0.3, -0.25) is 0 Å². The highest BCUT2D eigenvalue weighted by molar-refractivity contribution is 6.06. The summed E-state index contributed by atoms with van der Waals surface area (Å²) in [5.41, 5.74) is 1.45. The van der Waals surface area contributed by atoms with Gasteiger partial charge < -0.3 is 10.7 Å². The molecule has 0 aromatic carbocycles. The monoisotopic (exact) mass is 166 g/mol. The van der Waals surface area contributed by atoms with Crippen LogP contribution in [0.25, 0.3) is 0 Å². The zero-order valence-corrected chi connectivity index (χ0v) is 8.36. The maximum absolute atomic E-state index is 7.63. The molecule has 0 spiro atoms. The fourth-order valence-electron chi connectivity index (χ4n) is 0.953. The van der Waals surface area contributed by atoms with Gasteiger partial charge in [0.15, 0.2) is 0 Å². The third kappa shape index (κ3) is 2.91. The van der Waals surface area contributed by atoms with Gasteiger partial charge in [0.05, 0.1) is 5.71 Å². The zero-order chi connectivity index (χ0) is 9.78. The highest BCUT2D eigenvalue weighted by Crippen LogP contribution is 2.25. The number of allylic oxidation sites excluding steroid dienone is 2. The van der Waals surface area contributed by atoms with Crippen LogP contribution in [0.5, 0.6) is 0 Å². The Balaban J connectivity index is 4.81. The van der Waals surface area contributed by atoms with Gasteiger partial charge in [-0.15, -0.1) is 0 Å². The standard InChI is InChI=1S/C10H18N2/c1-6-9(11)8(7-12-5)10(2,3)4/h6-7,11-12H,1H2,2-5H3/b8-7+,11-9?. The molecule has 2 heteroatoms. The molecular formula is C10H18N2. The lowest BCUT2D eigenvalue weighted by molar-refractivity contribution is 0.521. The van der Waals surface area contributed by atoms with Crippen LogP contribution in [-0.2, 0) is 0 Å². The highest BCUT2D eigenvalue weighted by Gasteiger charge is 2.18. The number of nitrogens with one attached hydrogen (secondary N) is 2. The molecular weight excluding hydrogens is 148 g/mol. The largest absolute Gasteiger partial charge is 0.394 e. The van der Waals surface area contributed by atoms with Gasteiger partial charge in [0, 0.05) is 13.2 Å². The number of hydrogen-bond acceptors (Lipinski definition) is 2. The predicted octanol–water partition coefficient (Wildman–Crippen LogP) is 2.34. The summed E-state index contributed by atoms with van der Waals surface area (Å²) in [4.78, 5) is 0. The van der Waals surface area contributed by atoms with Gasteiger partial charge in [-0.05, 0) is 17.1 Å². The fourth-order valence-corrected chi connectivity index (χ4v) is 0.953. The van der Waals surface area contributed by atoms with E-state index in [0.717, 1.165) is 5.57 Å². The molecule has 2 nitrogen and oxygen atoms in total. The van der Waals surface area contributed by atoms with Crippen molar-refractivity contribution in [3.63, 3.8) is 0 Å². The van der Waals surface area contributed by atoms with E-state index in [1.807, 2.05) is 13.2 Å². The molecule has 0 saturated carbocycles. The minimum Gasteiger partial charge on any atom is -0.394 e. The van der Waals surface area contributed by atoms with Crippen molar-refractivity contribution in [3.05, 3.63) is 24.4 Å². The van der Waals surface area contributed by atoms with E-state index in [0.29, 0.717) is 5.71 Å². The van der Waals surface area contributed by atoms with Crippen LogP contribution in [0.1, 0.15) is 20.8 Å². The fraction of sp³-hybridized carbons (Fsp3) is 0.500. The Hall–Kier alpha value is -1.05. The maximum atomic E-state index is 7.63. The van der Waals surface area contributed by atoms with Crippen molar-refractivity contribution >= 4 is 5.71 Å². The van der Waals surface area contributed by atoms with Crippen molar-refractivity contribution in [3.8, 4) is 0 Å². The second kappa shape index (κ2) is 4.10. The first kappa shape index (κ1) is 11.0. The van der Waals surface area contributed by atoms with E-state index in [9.17, 15) is 0 Å². The Morgan fingerprint density at radius 3 is 2.17 bits per heavy atom. The summed E-state index contributed by atoms with van der Waals surface area (Å²) in [5.74, 6) is 0. The van der Waals surface area contributed by atoms with Gasteiger partial charge in [0.1, 0.15) is 0 Å². The van der Waals surface area contributed by atoms with Gasteiger partial charge in [-0.25, -0.2) is 0 Å². The van der Waals surface area contributed by atoms with E-state index in [2.05, 4.69) is 32.7 Å². The summed E-state index contributed by atoms with van der Waals surface area (Å²) in [6, 6.07) is 0. The van der Waals surface area contributed by atoms with Crippen LogP contribution in [0.4, 0.5) is 0 Å². The van der Waals surface area contributed by atoms with Crippen LogP contribution in [-0.4, -0.2) is 12.8 Å². The molecule has 0 saturated heterocycles. The molecule has 0 aliphatic heterocycles. The summed E-state index contributed by atoms with van der Waals surface area (Å²) in [6.07, 6.45) is 3.42. The summed E-state index contributed by atoms with van der Waals surface area (Å²) in [5, 5.41) is 10.6. The van der Waals surface area contributed by atoms with Crippen LogP contribution in [0.15, 0.2) is 24.4 Å². The summed E-state index contributed by atoms with van der Waals surface area (Å²) < 4.78 is 0. The maximum Gasteiger partial charge on any atom is 0.0585 e. The molecule has 0 fully saturated rings. The van der Waals surface area contributed by atoms with E-state index in [-0.39, 0.29) is 5.41 Å². The Kier molecular flexibility index (Phi) is 3.74. The van der Waals surface area contributed by atoms with E-state index in [1.165, 1.54) is 0 Å². The summed E-state index contributed by atoms with van der Waals surface area (Å²) in [7, 11) is 1.84. The van der Waals surface area contributed by atoms with E-state index in [1.54, 1.807) is 6.08 Å². The molecule has 0 aliphatic rings. The molecule has 12 heavy (non-hydrogen) atoms. The van der Waals surface area contributed by atoms with Crippen molar-refractivity contribution in [2.24, 2.45) is 5.41 Å². The van der Waals surface area contributed by atoms with Crippen LogP contribution >= 0.6 is 0 Å². The highest BCUT2D eigenvalue weighted by atomic mass is 14.8. The second-order valence-corrected chi connectivity index (χ2v) is 3.71. The molecule has 0 unspecified atom stereocenters. The molecule has 0 radical (unpaired) electrons. The van der Waals surface area contributed by atoms with Crippen LogP contribution in [0.3, 0.4) is 0 Å². The molecule has 0 atom stereocenters. The van der Waals surface area contributed by atoms with Crippen molar-refractivity contribution in [2.75, 3.05) is 7.05 Å². The quantitative estimate of drug-likeness (QED) is 0.620. The van der Waals surface area contributed by atoms with Crippen molar-refractivity contribution in [2.45, 2.75) is 20.8 Å². The molecule has 0 aliphatic carbocycles. The number of hydrogen-bond donors (Lipinski definition) is 2. The Morgan fingerprint density at radius 1 is 1.42 bits per heavy atom. The average molecular weight is 166 g/mol. The number of rotatable bonds is 3. The van der Waals surface area contributed by atoms with Gasteiger partial charge in [0.25, 0.3) is 0 Å². The molecule has 0 aromatic rings. The van der Waals surface area contributed by atoms with Gasteiger partial charge in [0.2, 0.25) is 0 Å². The van der Waals surface area contributed by atoms with Crippen molar-refractivity contribution in [1.82, 2.24) is 5.32 Å². The smallest absolute Gasteiger partial charge is 0.0585 e. The van der Waals surface area contributed by atoms with E-state index < -0.39 is 0 Å². The van der Waals surface area contributed by atoms with E-state index in [4.69, 9.17) is 5.41 Å². The van der Waals surface area contributed by atoms with Gasteiger partial charge in [-0.2, -0.15) is 0 Å². The Labute approximate surface area is 74.9 Å². The second-order valence-electron chi connectivity index (χ2n) is 3.71. The lowest BCUT2D eigenvalue weighted by atomic mass is 9.84. The zero-order valence-electron chi connectivity index (χ0n) is 8.36. The normalized spacial score (nSPS) is 12.5. The average Bonchev–Trinajstić information content (AvgIpc) is 1.96. The summed E-state index contributed by atoms with van der Waals surface area (Å²) in [6.45, 7) is 9.82. The molecule has 0 bridgehead atoms. The van der Waals surface area contributed by atoms with Crippen LogP contribution in [0, 0.1) is 10.8 Å². The van der Waals surface area contributed by atoms with Crippen LogP contribution in [0.2, 0.25) is 0 Å². The van der Waals surface area contributed by atoms with Crippen molar-refractivity contribution < 1.29 is 0 Å². The third-order valence-corrected chi connectivity index (χ3v) is 1.59. The summed E-state index contributed by atoms with van der Waals surface area (Å²) >= 11 is 0. The Morgan fingerprint density at radius 2 is 1.92 bits per heavy atom. The lowest BCUT2D eigenvalue weighted by Crippen LogP contribution is -2.18. The Bertz CT molecular complexity index is 206. The predicted molar refractivity (Wildman–Crippen MR) is 54.5 cm³/mol. The molecule has 0 heterocycles. The molecule has 0 amide bonds. The lowest BCUT2D eigenvalue weighted by Gasteiger charge is -2.22. The van der Waals surface area contributed by atoms with Crippen molar-refractivity contribution in [1.29, 1.82) is 5.41 Å². The molecule has 68 valence electrons. The molecule has 2 N–H and O–H groups in total. The third-order valence-electron chi connectivity index (χ3n) is 1.59. The van der Waals surface area contributed by atoms with E-state index >= 15 is 0 Å². The molecule has 0 rings (SSSR count). The van der Waals surface area contributed by atoms with Gasteiger partial charge >= 0.3 is 0 Å². The first-order valence-corrected chi connectivity index (χ1v) is 4.02. The first-order chi connectivity index (χ1) is 5.43. The minimum atomic E-state index is -0.00567. The molecule has 0 aromatic heterocycles. The topological polar surface area (TPSA) is 35.9 Å². The minimum absolute atomic E-state index is 0.00567. The first-order valence-electron chi connectivity index (χ1n) is 4.02. The SMILES string of the molecule is C=CC(=N)/C(=C\NC)C(C)(C)C. The van der Waals surface area contributed by atoms with Crippen LogP contribution < -0.4 is 5.32 Å².